The van der Waals surface area contributed by atoms with Crippen LogP contribution in [0, 0.1) is 0 Å². The van der Waals surface area contributed by atoms with Gasteiger partial charge in [0.1, 0.15) is 13.2 Å². The molecule has 6 nitrogen and oxygen atoms in total. The molecule has 0 aliphatic heterocycles. The molecule has 0 radical (unpaired) electrons. The summed E-state index contributed by atoms with van der Waals surface area (Å²) in [5.41, 5.74) is 0. The van der Waals surface area contributed by atoms with E-state index >= 15 is 0 Å². The first-order chi connectivity index (χ1) is 32.5. The van der Waals surface area contributed by atoms with E-state index in [0.29, 0.717) is 19.3 Å². The summed E-state index contributed by atoms with van der Waals surface area (Å²) in [5, 5.41) is 0. The predicted molar refractivity (Wildman–Crippen MR) is 284 cm³/mol. The van der Waals surface area contributed by atoms with Gasteiger partial charge in [0.25, 0.3) is 0 Å². The standard InChI is InChI=1S/C60H108O6/c1-4-7-10-13-16-19-22-25-28-30-33-35-38-41-44-47-50-53-59(62)65-56-57(55-64-58(61)52-49-46-43-40-37-34-31-27-24-21-18-15-12-9-6-3)66-60(63)54-51-48-45-42-39-36-32-29-26-23-20-17-14-11-8-5-2/h16,19,25,28,33,35,41,44,57H,4-15,17-18,20-24,26-27,29-32,34,36-40,42-43,45-56H2,1-3H3/b19-16-,28-25-,35-33-,44-41-. The van der Waals surface area contributed by atoms with Crippen LogP contribution >= 0.6 is 0 Å². The number of hydrogen-bond donors (Lipinski definition) is 0. The van der Waals surface area contributed by atoms with Crippen molar-refractivity contribution >= 4 is 17.9 Å². The molecular weight excluding hydrogens is 817 g/mol. The molecule has 0 rings (SSSR count). The van der Waals surface area contributed by atoms with Crippen LogP contribution in [0.2, 0.25) is 0 Å². The molecule has 0 saturated heterocycles. The lowest BCUT2D eigenvalue weighted by atomic mass is 10.0. The van der Waals surface area contributed by atoms with Gasteiger partial charge < -0.3 is 14.2 Å². The summed E-state index contributed by atoms with van der Waals surface area (Å²) >= 11 is 0. The summed E-state index contributed by atoms with van der Waals surface area (Å²) in [6, 6.07) is 0. The zero-order valence-electron chi connectivity index (χ0n) is 44.0. The SMILES string of the molecule is CCCCC/C=C\C/C=C\C/C=C\C/C=C\CCCC(=O)OCC(COC(=O)CCCCCCCCCCCCCCCCC)OC(=O)CCCCCCCCCCCCCCCCCC. The first-order valence-corrected chi connectivity index (χ1v) is 28.6. The minimum Gasteiger partial charge on any atom is -0.462 e. The third-order valence-electron chi connectivity index (χ3n) is 12.6. The third-order valence-corrected chi connectivity index (χ3v) is 12.6. The fourth-order valence-corrected chi connectivity index (χ4v) is 8.26. The van der Waals surface area contributed by atoms with Crippen molar-refractivity contribution in [3.8, 4) is 0 Å². The Morgan fingerprint density at radius 2 is 0.561 bits per heavy atom. The highest BCUT2D eigenvalue weighted by Gasteiger charge is 2.19. The van der Waals surface area contributed by atoms with Crippen LogP contribution in [0.15, 0.2) is 48.6 Å². The third kappa shape index (κ3) is 52.3. The van der Waals surface area contributed by atoms with Gasteiger partial charge in [-0.3, -0.25) is 14.4 Å². The number of ether oxygens (including phenoxy) is 3. The molecule has 0 amide bonds. The molecule has 6 heteroatoms. The normalized spacial score (nSPS) is 12.3. The number of unbranched alkanes of at least 4 members (excludes halogenated alkanes) is 33. The highest BCUT2D eigenvalue weighted by molar-refractivity contribution is 5.71. The molecule has 0 aromatic carbocycles. The van der Waals surface area contributed by atoms with Gasteiger partial charge in [0.15, 0.2) is 6.10 Å². The van der Waals surface area contributed by atoms with Crippen molar-refractivity contribution in [3.63, 3.8) is 0 Å². The quantitative estimate of drug-likeness (QED) is 0.0262. The lowest BCUT2D eigenvalue weighted by Crippen LogP contribution is -2.30. The second-order valence-electron chi connectivity index (χ2n) is 19.2. The van der Waals surface area contributed by atoms with Gasteiger partial charge in [0.2, 0.25) is 0 Å². The fourth-order valence-electron chi connectivity index (χ4n) is 8.26. The molecule has 66 heavy (non-hydrogen) atoms. The molecule has 1 atom stereocenters. The minimum atomic E-state index is -0.791. The zero-order chi connectivity index (χ0) is 47.9. The fraction of sp³-hybridized carbons (Fsp3) is 0.817. The van der Waals surface area contributed by atoms with Crippen molar-refractivity contribution in [1.29, 1.82) is 0 Å². The van der Waals surface area contributed by atoms with Crippen LogP contribution < -0.4 is 0 Å². The Bertz CT molecular complexity index is 1150. The Kier molecular flexibility index (Phi) is 52.8. The van der Waals surface area contributed by atoms with Gasteiger partial charge >= 0.3 is 17.9 Å². The van der Waals surface area contributed by atoms with Gasteiger partial charge in [0, 0.05) is 19.3 Å². The van der Waals surface area contributed by atoms with Crippen molar-refractivity contribution in [2.75, 3.05) is 13.2 Å². The molecule has 384 valence electrons. The molecule has 0 aromatic rings. The molecular formula is C60H108O6. The summed E-state index contributed by atoms with van der Waals surface area (Å²) in [6.07, 6.45) is 66.7. The number of carbonyl (C=O) groups excluding carboxylic acids is 3. The van der Waals surface area contributed by atoms with E-state index in [9.17, 15) is 14.4 Å². The maximum absolute atomic E-state index is 12.8. The van der Waals surface area contributed by atoms with Crippen molar-refractivity contribution in [3.05, 3.63) is 48.6 Å². The largest absolute Gasteiger partial charge is 0.462 e. The Hall–Kier alpha value is -2.63. The molecule has 0 bridgehead atoms. The van der Waals surface area contributed by atoms with Gasteiger partial charge in [-0.15, -0.1) is 0 Å². The van der Waals surface area contributed by atoms with Gasteiger partial charge in [0.05, 0.1) is 0 Å². The average molecular weight is 926 g/mol. The topological polar surface area (TPSA) is 78.9 Å². The van der Waals surface area contributed by atoms with Crippen LogP contribution in [0.5, 0.6) is 0 Å². The summed E-state index contributed by atoms with van der Waals surface area (Å²) < 4.78 is 16.8. The Morgan fingerprint density at radius 3 is 0.909 bits per heavy atom. The molecule has 0 spiro atoms. The number of hydrogen-bond acceptors (Lipinski definition) is 6. The smallest absolute Gasteiger partial charge is 0.306 e. The maximum Gasteiger partial charge on any atom is 0.306 e. The summed E-state index contributed by atoms with van der Waals surface area (Å²) in [5.74, 6) is -0.928. The predicted octanol–water partition coefficient (Wildman–Crippen LogP) is 19.0. The maximum atomic E-state index is 12.8. The lowest BCUT2D eigenvalue weighted by molar-refractivity contribution is -0.167. The molecule has 0 N–H and O–H groups in total. The summed E-state index contributed by atoms with van der Waals surface area (Å²) in [6.45, 7) is 6.60. The van der Waals surface area contributed by atoms with E-state index in [-0.39, 0.29) is 37.5 Å². The Balaban J connectivity index is 4.42. The summed E-state index contributed by atoms with van der Waals surface area (Å²) in [7, 11) is 0. The van der Waals surface area contributed by atoms with Crippen LogP contribution in [0.25, 0.3) is 0 Å². The van der Waals surface area contributed by atoms with Gasteiger partial charge in [-0.2, -0.15) is 0 Å². The Labute approximate surface area is 409 Å². The van der Waals surface area contributed by atoms with Crippen LogP contribution in [0.4, 0.5) is 0 Å². The molecule has 0 fully saturated rings. The molecule has 0 heterocycles. The van der Waals surface area contributed by atoms with Gasteiger partial charge in [-0.1, -0.05) is 268 Å². The summed E-state index contributed by atoms with van der Waals surface area (Å²) in [4.78, 5) is 38.1. The van der Waals surface area contributed by atoms with E-state index in [4.69, 9.17) is 14.2 Å². The first-order valence-electron chi connectivity index (χ1n) is 28.6. The number of esters is 3. The first kappa shape index (κ1) is 63.4. The molecule has 0 aromatic heterocycles. The van der Waals surface area contributed by atoms with Crippen molar-refractivity contribution in [1.82, 2.24) is 0 Å². The van der Waals surface area contributed by atoms with Crippen LogP contribution in [-0.4, -0.2) is 37.2 Å². The van der Waals surface area contributed by atoms with Crippen LogP contribution in [-0.2, 0) is 28.6 Å². The van der Waals surface area contributed by atoms with Crippen LogP contribution in [0.1, 0.15) is 297 Å². The van der Waals surface area contributed by atoms with E-state index in [1.807, 2.05) is 0 Å². The van der Waals surface area contributed by atoms with Gasteiger partial charge in [-0.05, 0) is 57.8 Å². The van der Waals surface area contributed by atoms with Crippen LogP contribution in [0.3, 0.4) is 0 Å². The van der Waals surface area contributed by atoms with E-state index in [1.54, 1.807) is 0 Å². The lowest BCUT2D eigenvalue weighted by Gasteiger charge is -2.18. The minimum absolute atomic E-state index is 0.0855. The number of allylic oxidation sites excluding steroid dienone is 8. The van der Waals surface area contributed by atoms with E-state index < -0.39 is 6.10 Å². The second kappa shape index (κ2) is 55.0. The van der Waals surface area contributed by atoms with Crippen molar-refractivity contribution in [2.45, 2.75) is 303 Å². The van der Waals surface area contributed by atoms with E-state index in [2.05, 4.69) is 69.4 Å². The highest BCUT2D eigenvalue weighted by atomic mass is 16.6. The number of rotatable bonds is 52. The monoisotopic (exact) mass is 925 g/mol. The highest BCUT2D eigenvalue weighted by Crippen LogP contribution is 2.16. The Morgan fingerprint density at radius 1 is 0.303 bits per heavy atom. The van der Waals surface area contributed by atoms with Gasteiger partial charge in [-0.25, -0.2) is 0 Å². The van der Waals surface area contributed by atoms with E-state index in [1.165, 1.54) is 186 Å². The number of carbonyl (C=O) groups is 3. The van der Waals surface area contributed by atoms with Crippen molar-refractivity contribution in [2.24, 2.45) is 0 Å². The van der Waals surface area contributed by atoms with E-state index in [0.717, 1.165) is 64.2 Å². The zero-order valence-corrected chi connectivity index (χ0v) is 44.0. The average Bonchev–Trinajstić information content (AvgIpc) is 3.31. The molecule has 0 saturated carbocycles. The van der Waals surface area contributed by atoms with Crippen molar-refractivity contribution < 1.29 is 28.6 Å². The molecule has 0 aliphatic carbocycles. The second-order valence-corrected chi connectivity index (χ2v) is 19.2. The molecule has 0 aliphatic rings. The molecule has 1 unspecified atom stereocenters.